The first kappa shape index (κ1) is 18.2. The number of nitrogens with one attached hydrogen (secondary N) is 2. The Morgan fingerprint density at radius 1 is 1.46 bits per heavy atom. The number of pyridine rings is 1. The quantitative estimate of drug-likeness (QED) is 0.668. The maximum atomic E-state index is 12.4. The first-order valence-corrected chi connectivity index (χ1v) is 7.90. The number of amides is 2. The number of hydrogen-bond donors (Lipinski definition) is 3. The lowest BCUT2D eigenvalue weighted by Gasteiger charge is -2.31. The van der Waals surface area contributed by atoms with Gasteiger partial charge in [0, 0.05) is 12.3 Å². The standard InChI is InChI=1S/C16H23N3O5/c1-9(2)11-4-3-10(15(21)18-11)16(22)19-12-5-6-23-7-13(12)24-8-14(17)20/h3-4,9,12-13H,5-8H2,1-2H3,(H2,17,20)(H,18,21)(H,19,22)/t12-,13-/m1/s1. The zero-order valence-electron chi connectivity index (χ0n) is 13.8. The Hall–Kier alpha value is -2.19. The van der Waals surface area contributed by atoms with Crippen molar-refractivity contribution >= 4 is 11.8 Å². The number of carbonyl (C=O) groups excluding carboxylic acids is 2. The van der Waals surface area contributed by atoms with Crippen molar-refractivity contribution in [1.82, 2.24) is 10.3 Å². The van der Waals surface area contributed by atoms with Gasteiger partial charge in [-0.15, -0.1) is 0 Å². The first-order chi connectivity index (χ1) is 11.4. The van der Waals surface area contributed by atoms with E-state index in [0.29, 0.717) is 13.0 Å². The summed E-state index contributed by atoms with van der Waals surface area (Å²) in [4.78, 5) is 38.0. The Morgan fingerprint density at radius 2 is 2.21 bits per heavy atom. The Morgan fingerprint density at radius 3 is 2.83 bits per heavy atom. The van der Waals surface area contributed by atoms with E-state index in [2.05, 4.69) is 10.3 Å². The highest BCUT2D eigenvalue weighted by Gasteiger charge is 2.29. The zero-order chi connectivity index (χ0) is 17.7. The summed E-state index contributed by atoms with van der Waals surface area (Å²) in [7, 11) is 0. The van der Waals surface area contributed by atoms with Crippen LogP contribution in [0.3, 0.4) is 0 Å². The van der Waals surface area contributed by atoms with Crippen molar-refractivity contribution < 1.29 is 19.1 Å². The van der Waals surface area contributed by atoms with Crippen molar-refractivity contribution in [3.8, 4) is 0 Å². The molecule has 0 spiro atoms. The molecule has 132 valence electrons. The third-order valence-corrected chi connectivity index (χ3v) is 3.86. The molecule has 1 aliphatic rings. The number of ether oxygens (including phenoxy) is 2. The lowest BCUT2D eigenvalue weighted by atomic mass is 10.0. The third-order valence-electron chi connectivity index (χ3n) is 3.86. The highest BCUT2D eigenvalue weighted by atomic mass is 16.5. The average Bonchev–Trinajstić information content (AvgIpc) is 2.53. The van der Waals surface area contributed by atoms with Crippen LogP contribution in [0, 0.1) is 0 Å². The number of rotatable bonds is 6. The minimum atomic E-state index is -0.591. The van der Waals surface area contributed by atoms with Crippen molar-refractivity contribution in [3.63, 3.8) is 0 Å². The maximum absolute atomic E-state index is 12.4. The van der Waals surface area contributed by atoms with Crippen LogP contribution in [-0.2, 0) is 14.3 Å². The molecule has 0 radical (unpaired) electrons. The van der Waals surface area contributed by atoms with Crippen LogP contribution in [0.5, 0.6) is 0 Å². The molecule has 2 atom stereocenters. The normalized spacial score (nSPS) is 20.8. The average molecular weight is 337 g/mol. The van der Waals surface area contributed by atoms with Gasteiger partial charge < -0.3 is 25.5 Å². The minimum absolute atomic E-state index is 0.0412. The molecule has 2 heterocycles. The predicted molar refractivity (Wildman–Crippen MR) is 86.8 cm³/mol. The van der Waals surface area contributed by atoms with Gasteiger partial charge in [0.25, 0.3) is 11.5 Å². The Labute approximate surface area is 139 Å². The van der Waals surface area contributed by atoms with E-state index >= 15 is 0 Å². The van der Waals surface area contributed by atoms with E-state index in [4.69, 9.17) is 15.2 Å². The molecule has 0 aliphatic carbocycles. The molecule has 1 saturated heterocycles. The molecule has 2 amide bonds. The first-order valence-electron chi connectivity index (χ1n) is 7.90. The van der Waals surface area contributed by atoms with E-state index in [1.807, 2.05) is 13.8 Å². The highest BCUT2D eigenvalue weighted by molar-refractivity contribution is 5.94. The van der Waals surface area contributed by atoms with Crippen molar-refractivity contribution in [2.24, 2.45) is 5.73 Å². The van der Waals surface area contributed by atoms with Gasteiger partial charge in [0.1, 0.15) is 18.3 Å². The van der Waals surface area contributed by atoms with E-state index in [9.17, 15) is 14.4 Å². The van der Waals surface area contributed by atoms with Crippen molar-refractivity contribution in [2.45, 2.75) is 38.3 Å². The molecule has 0 bridgehead atoms. The molecule has 1 aromatic heterocycles. The molecule has 0 saturated carbocycles. The Bertz CT molecular complexity index is 655. The third kappa shape index (κ3) is 4.65. The van der Waals surface area contributed by atoms with E-state index in [1.165, 1.54) is 6.07 Å². The molecule has 1 fully saturated rings. The highest BCUT2D eigenvalue weighted by Crippen LogP contribution is 2.13. The summed E-state index contributed by atoms with van der Waals surface area (Å²) in [6.07, 6.45) is 0.0427. The fourth-order valence-corrected chi connectivity index (χ4v) is 2.48. The fraction of sp³-hybridized carbons (Fsp3) is 0.562. The van der Waals surface area contributed by atoms with Gasteiger partial charge in [0.15, 0.2) is 0 Å². The summed E-state index contributed by atoms with van der Waals surface area (Å²) in [5, 5.41) is 2.78. The van der Waals surface area contributed by atoms with Crippen molar-refractivity contribution in [1.29, 1.82) is 0 Å². The van der Waals surface area contributed by atoms with Gasteiger partial charge >= 0.3 is 0 Å². The second-order valence-corrected chi connectivity index (χ2v) is 6.07. The molecule has 2 rings (SSSR count). The summed E-state index contributed by atoms with van der Waals surface area (Å²) in [6.45, 7) is 4.37. The van der Waals surface area contributed by atoms with E-state index in [1.54, 1.807) is 6.07 Å². The number of H-pyrrole nitrogens is 1. The molecule has 0 aromatic carbocycles. The van der Waals surface area contributed by atoms with Gasteiger partial charge in [-0.25, -0.2) is 0 Å². The number of nitrogens with two attached hydrogens (primary N) is 1. The predicted octanol–water partition coefficient (Wildman–Crippen LogP) is -0.112. The van der Waals surface area contributed by atoms with Gasteiger partial charge in [0.05, 0.1) is 12.6 Å². The topological polar surface area (TPSA) is 124 Å². The molecule has 1 aliphatic heterocycles. The zero-order valence-corrected chi connectivity index (χ0v) is 13.8. The van der Waals surface area contributed by atoms with Crippen LogP contribution in [0.2, 0.25) is 0 Å². The maximum Gasteiger partial charge on any atom is 0.261 e. The number of aromatic nitrogens is 1. The summed E-state index contributed by atoms with van der Waals surface area (Å²) in [5.41, 5.74) is 5.45. The van der Waals surface area contributed by atoms with Crippen molar-refractivity contribution in [3.05, 3.63) is 33.7 Å². The molecule has 24 heavy (non-hydrogen) atoms. The van der Waals surface area contributed by atoms with E-state index in [-0.39, 0.29) is 30.7 Å². The lowest BCUT2D eigenvalue weighted by molar-refractivity contribution is -0.129. The van der Waals surface area contributed by atoms with Gasteiger partial charge in [-0.2, -0.15) is 0 Å². The molecule has 1 aromatic rings. The summed E-state index contributed by atoms with van der Waals surface area (Å²) in [6, 6.07) is 2.89. The van der Waals surface area contributed by atoms with Crippen LogP contribution in [-0.4, -0.2) is 48.8 Å². The molecular weight excluding hydrogens is 314 g/mol. The van der Waals surface area contributed by atoms with Crippen LogP contribution in [0.15, 0.2) is 16.9 Å². The van der Waals surface area contributed by atoms with Gasteiger partial charge in [-0.1, -0.05) is 13.8 Å². The second kappa shape index (κ2) is 8.07. The molecular formula is C16H23N3O5. The monoisotopic (exact) mass is 337 g/mol. The summed E-state index contributed by atoms with van der Waals surface area (Å²) in [5.74, 6) is -0.908. The van der Waals surface area contributed by atoms with E-state index in [0.717, 1.165) is 5.69 Å². The van der Waals surface area contributed by atoms with Gasteiger partial charge in [0.2, 0.25) is 5.91 Å². The van der Waals surface area contributed by atoms with Crippen LogP contribution >= 0.6 is 0 Å². The van der Waals surface area contributed by atoms with Gasteiger partial charge in [-0.05, 0) is 24.5 Å². The number of carbonyl (C=O) groups is 2. The molecule has 8 nitrogen and oxygen atoms in total. The number of hydrogen-bond acceptors (Lipinski definition) is 5. The minimum Gasteiger partial charge on any atom is -0.379 e. The Kier molecular flexibility index (Phi) is 6.10. The van der Waals surface area contributed by atoms with Crippen LogP contribution in [0.1, 0.15) is 42.2 Å². The fourth-order valence-electron chi connectivity index (χ4n) is 2.48. The lowest BCUT2D eigenvalue weighted by Crippen LogP contribution is -2.51. The summed E-state index contributed by atoms with van der Waals surface area (Å²) >= 11 is 0. The second-order valence-electron chi connectivity index (χ2n) is 6.07. The number of aromatic amines is 1. The van der Waals surface area contributed by atoms with E-state index < -0.39 is 23.5 Å². The molecule has 0 unspecified atom stereocenters. The number of primary amides is 1. The van der Waals surface area contributed by atoms with Crippen LogP contribution in [0.25, 0.3) is 0 Å². The molecule has 4 N–H and O–H groups in total. The Balaban J connectivity index is 2.06. The summed E-state index contributed by atoms with van der Waals surface area (Å²) < 4.78 is 10.7. The van der Waals surface area contributed by atoms with Crippen LogP contribution < -0.4 is 16.6 Å². The van der Waals surface area contributed by atoms with Crippen molar-refractivity contribution in [2.75, 3.05) is 19.8 Å². The molecule has 8 heteroatoms. The van der Waals surface area contributed by atoms with Crippen LogP contribution in [0.4, 0.5) is 0 Å². The largest absolute Gasteiger partial charge is 0.379 e. The SMILES string of the molecule is CC(C)c1ccc(C(=O)N[C@@H]2CCOC[C@H]2OCC(N)=O)c(=O)[nH]1. The smallest absolute Gasteiger partial charge is 0.261 e. The van der Waals surface area contributed by atoms with Gasteiger partial charge in [-0.3, -0.25) is 14.4 Å².